The number of likely N-dealkylation sites (tertiary alicyclic amines) is 1. The maximum Gasteiger partial charge on any atom is 0.328 e. The van der Waals surface area contributed by atoms with Crippen LogP contribution in [0, 0.1) is 6.92 Å². The van der Waals surface area contributed by atoms with E-state index in [9.17, 15) is 23.6 Å². The lowest BCUT2D eigenvalue weighted by Crippen LogP contribution is -2.48. The Hall–Kier alpha value is -4.08. The molecule has 0 saturated carbocycles. The standard InChI is InChI=1S/C27H30FN5O4/c1-16(2)19-9-10-21(29-12-19)24(18-7-5-4-6-8-18)30-26(36)22-11-20(28)14-33(22)23(34)15-32-13-17(3)25(35)31-27(32)37/h4-10,12-13,16,20,22,24H,11,14-15H2,1-3H3,(H,30,36)(H,31,35,37)/t20-,22+,24+/m1/s1. The first kappa shape index (κ1) is 26.0. The normalized spacial score (nSPS) is 18.1. The highest BCUT2D eigenvalue weighted by atomic mass is 19.1. The predicted molar refractivity (Wildman–Crippen MR) is 136 cm³/mol. The minimum Gasteiger partial charge on any atom is -0.342 e. The maximum absolute atomic E-state index is 14.5. The molecule has 37 heavy (non-hydrogen) atoms. The third-order valence-corrected chi connectivity index (χ3v) is 6.56. The molecule has 3 heterocycles. The van der Waals surface area contributed by atoms with Gasteiger partial charge in [0.05, 0.1) is 18.3 Å². The molecule has 9 nitrogen and oxygen atoms in total. The van der Waals surface area contributed by atoms with Crippen molar-refractivity contribution >= 4 is 11.8 Å². The summed E-state index contributed by atoms with van der Waals surface area (Å²) in [5.41, 5.74) is 1.44. The second-order valence-corrected chi connectivity index (χ2v) is 9.62. The highest BCUT2D eigenvalue weighted by molar-refractivity contribution is 5.88. The lowest BCUT2D eigenvalue weighted by Gasteiger charge is -2.27. The summed E-state index contributed by atoms with van der Waals surface area (Å²) in [5.74, 6) is -0.809. The zero-order chi connectivity index (χ0) is 26.7. The van der Waals surface area contributed by atoms with Gasteiger partial charge in [-0.15, -0.1) is 0 Å². The van der Waals surface area contributed by atoms with E-state index >= 15 is 0 Å². The average molecular weight is 508 g/mol. The van der Waals surface area contributed by atoms with E-state index in [4.69, 9.17) is 0 Å². The molecule has 3 aromatic rings. The van der Waals surface area contributed by atoms with E-state index in [-0.39, 0.29) is 18.5 Å². The van der Waals surface area contributed by atoms with Gasteiger partial charge in [-0.25, -0.2) is 9.18 Å². The van der Waals surface area contributed by atoms with Gasteiger partial charge in [0.15, 0.2) is 0 Å². The molecule has 2 aromatic heterocycles. The second-order valence-electron chi connectivity index (χ2n) is 9.62. The highest BCUT2D eigenvalue weighted by Crippen LogP contribution is 2.26. The summed E-state index contributed by atoms with van der Waals surface area (Å²) >= 11 is 0. The number of rotatable bonds is 7. The number of aryl methyl sites for hydroxylation is 1. The van der Waals surface area contributed by atoms with Gasteiger partial charge in [-0.3, -0.25) is 28.9 Å². The molecule has 0 unspecified atom stereocenters. The molecule has 0 aliphatic carbocycles. The Bertz CT molecular complexity index is 1380. The first-order chi connectivity index (χ1) is 17.6. The maximum atomic E-state index is 14.5. The lowest BCUT2D eigenvalue weighted by molar-refractivity contribution is -0.139. The molecule has 1 aliphatic heterocycles. The average Bonchev–Trinajstić information content (AvgIpc) is 3.28. The molecule has 10 heteroatoms. The molecule has 194 valence electrons. The molecule has 0 bridgehead atoms. The Kier molecular flexibility index (Phi) is 7.66. The SMILES string of the molecule is Cc1cn(CC(=O)N2C[C@H](F)C[C@H]2C(=O)N[C@@H](c2ccccc2)c2ccc(C(C)C)cn2)c(=O)[nH]c1=O. The number of pyridine rings is 1. The molecule has 1 aliphatic rings. The van der Waals surface area contributed by atoms with Crippen LogP contribution in [0.2, 0.25) is 0 Å². The van der Waals surface area contributed by atoms with Crippen LogP contribution in [-0.2, 0) is 16.1 Å². The summed E-state index contributed by atoms with van der Waals surface area (Å²) in [6.45, 7) is 4.95. The fraction of sp³-hybridized carbons (Fsp3) is 0.370. The number of halogens is 1. The van der Waals surface area contributed by atoms with Gasteiger partial charge in [-0.1, -0.05) is 50.2 Å². The third-order valence-electron chi connectivity index (χ3n) is 6.56. The molecule has 1 fully saturated rings. The first-order valence-corrected chi connectivity index (χ1v) is 12.2. The van der Waals surface area contributed by atoms with E-state index < -0.39 is 47.9 Å². The Morgan fingerprint density at radius 1 is 1.14 bits per heavy atom. The minimum atomic E-state index is -1.38. The van der Waals surface area contributed by atoms with Crippen LogP contribution in [0.1, 0.15) is 54.6 Å². The molecule has 2 N–H and O–H groups in total. The van der Waals surface area contributed by atoms with Gasteiger partial charge in [0.25, 0.3) is 5.56 Å². The van der Waals surface area contributed by atoms with Crippen molar-refractivity contribution in [2.75, 3.05) is 6.54 Å². The number of alkyl halides is 1. The van der Waals surface area contributed by atoms with E-state index in [1.807, 2.05) is 42.5 Å². The van der Waals surface area contributed by atoms with E-state index in [0.717, 1.165) is 20.6 Å². The van der Waals surface area contributed by atoms with E-state index in [2.05, 4.69) is 29.1 Å². The molecule has 3 atom stereocenters. The zero-order valence-corrected chi connectivity index (χ0v) is 21.0. The summed E-state index contributed by atoms with van der Waals surface area (Å²) in [6, 6.07) is 11.5. The number of H-pyrrole nitrogens is 1. The van der Waals surface area contributed by atoms with Gasteiger partial charge in [0.1, 0.15) is 18.8 Å². The number of benzene rings is 1. The third kappa shape index (κ3) is 5.84. The van der Waals surface area contributed by atoms with Crippen LogP contribution in [-0.4, -0.2) is 50.0 Å². The zero-order valence-electron chi connectivity index (χ0n) is 21.0. The Morgan fingerprint density at radius 3 is 2.51 bits per heavy atom. The number of nitrogens with zero attached hydrogens (tertiary/aromatic N) is 3. The molecule has 2 amide bonds. The van der Waals surface area contributed by atoms with E-state index in [1.165, 1.54) is 13.1 Å². The van der Waals surface area contributed by atoms with Gasteiger partial charge in [-0.2, -0.15) is 0 Å². The van der Waals surface area contributed by atoms with Crippen LogP contribution >= 0.6 is 0 Å². The van der Waals surface area contributed by atoms with E-state index in [1.54, 1.807) is 6.20 Å². The lowest BCUT2D eigenvalue weighted by atomic mass is 10.00. The van der Waals surface area contributed by atoms with Crippen LogP contribution in [0.25, 0.3) is 0 Å². The largest absolute Gasteiger partial charge is 0.342 e. The van der Waals surface area contributed by atoms with Crippen LogP contribution in [0.5, 0.6) is 0 Å². The molecule has 1 saturated heterocycles. The first-order valence-electron chi connectivity index (χ1n) is 12.2. The van der Waals surface area contributed by atoms with Crippen LogP contribution in [0.4, 0.5) is 4.39 Å². The van der Waals surface area contributed by atoms with Crippen molar-refractivity contribution < 1.29 is 14.0 Å². The predicted octanol–water partition coefficient (Wildman–Crippen LogP) is 2.21. The Morgan fingerprint density at radius 2 is 1.86 bits per heavy atom. The molecule has 0 radical (unpaired) electrons. The van der Waals surface area contributed by atoms with Crippen LogP contribution < -0.4 is 16.6 Å². The van der Waals surface area contributed by atoms with Crippen LogP contribution in [0.15, 0.2) is 64.4 Å². The van der Waals surface area contributed by atoms with Crippen molar-refractivity contribution in [3.05, 3.63) is 98.1 Å². The summed E-state index contributed by atoms with van der Waals surface area (Å²) in [6.07, 6.45) is 1.51. The van der Waals surface area contributed by atoms with Gasteiger partial charge in [-0.05, 0) is 30.0 Å². The number of carbonyl (C=O) groups excluding carboxylic acids is 2. The summed E-state index contributed by atoms with van der Waals surface area (Å²) in [7, 11) is 0. The second kappa shape index (κ2) is 10.9. The van der Waals surface area contributed by atoms with Crippen molar-refractivity contribution in [3.63, 3.8) is 0 Å². The molecular weight excluding hydrogens is 477 g/mol. The number of aromatic nitrogens is 3. The van der Waals surface area contributed by atoms with Crippen molar-refractivity contribution in [2.24, 2.45) is 0 Å². The summed E-state index contributed by atoms with van der Waals surface area (Å²) in [4.78, 5) is 58.1. The summed E-state index contributed by atoms with van der Waals surface area (Å²) < 4.78 is 15.5. The number of hydrogen-bond acceptors (Lipinski definition) is 5. The summed E-state index contributed by atoms with van der Waals surface area (Å²) in [5, 5.41) is 2.96. The Labute approximate surface area is 213 Å². The number of carbonyl (C=O) groups is 2. The molecule has 1 aromatic carbocycles. The molecule has 0 spiro atoms. The van der Waals surface area contributed by atoms with Gasteiger partial charge in [0, 0.05) is 24.4 Å². The fourth-order valence-electron chi connectivity index (χ4n) is 4.42. The molecular formula is C27H30FN5O4. The van der Waals surface area contributed by atoms with Crippen molar-refractivity contribution in [3.8, 4) is 0 Å². The van der Waals surface area contributed by atoms with E-state index in [0.29, 0.717) is 11.6 Å². The number of nitrogens with one attached hydrogen (secondary N) is 2. The van der Waals surface area contributed by atoms with Crippen molar-refractivity contribution in [1.29, 1.82) is 0 Å². The number of amides is 2. The monoisotopic (exact) mass is 507 g/mol. The Balaban J connectivity index is 1.57. The quantitative estimate of drug-likeness (QED) is 0.509. The number of hydrogen-bond donors (Lipinski definition) is 2. The van der Waals surface area contributed by atoms with Gasteiger partial charge in [0.2, 0.25) is 11.8 Å². The fourth-order valence-corrected chi connectivity index (χ4v) is 4.42. The van der Waals surface area contributed by atoms with Crippen molar-refractivity contribution in [2.45, 2.75) is 57.9 Å². The molecule has 4 rings (SSSR count). The topological polar surface area (TPSA) is 117 Å². The van der Waals surface area contributed by atoms with Crippen molar-refractivity contribution in [1.82, 2.24) is 24.8 Å². The smallest absolute Gasteiger partial charge is 0.328 e. The van der Waals surface area contributed by atoms with Crippen LogP contribution in [0.3, 0.4) is 0 Å². The van der Waals surface area contributed by atoms with Gasteiger partial charge < -0.3 is 10.2 Å². The highest BCUT2D eigenvalue weighted by Gasteiger charge is 2.40. The van der Waals surface area contributed by atoms with Gasteiger partial charge >= 0.3 is 5.69 Å². The number of aromatic amines is 1. The minimum absolute atomic E-state index is 0.154.